The maximum atomic E-state index is 11.8. The lowest BCUT2D eigenvalue weighted by Crippen LogP contribution is -2.02. The Labute approximate surface area is 137 Å². The third-order valence-electron chi connectivity index (χ3n) is 3.44. The van der Waals surface area contributed by atoms with Crippen LogP contribution in [0, 0.1) is 0 Å². The highest BCUT2D eigenvalue weighted by Crippen LogP contribution is 2.45. The summed E-state index contributed by atoms with van der Waals surface area (Å²) in [4.78, 5) is -0.538. The SMILES string of the molecule is Nc1c(O)c(N=Nc2ccccc2)c(S(=O)(=O)O)c2ccccc12. The smallest absolute Gasteiger partial charge is 0.297 e. The predicted molar refractivity (Wildman–Crippen MR) is 90.5 cm³/mol. The lowest BCUT2D eigenvalue weighted by atomic mass is 10.1. The van der Waals surface area contributed by atoms with Gasteiger partial charge in [0.25, 0.3) is 10.1 Å². The Morgan fingerprint density at radius 3 is 2.08 bits per heavy atom. The van der Waals surface area contributed by atoms with Crippen molar-refractivity contribution in [3.63, 3.8) is 0 Å². The first-order valence-corrected chi connectivity index (χ1v) is 8.31. The zero-order valence-corrected chi connectivity index (χ0v) is 13.1. The van der Waals surface area contributed by atoms with Gasteiger partial charge in [0.1, 0.15) is 4.90 Å². The van der Waals surface area contributed by atoms with Crippen LogP contribution >= 0.6 is 0 Å². The van der Waals surface area contributed by atoms with Crippen molar-refractivity contribution in [2.45, 2.75) is 4.90 Å². The molecule has 0 aliphatic heterocycles. The van der Waals surface area contributed by atoms with E-state index in [-0.39, 0.29) is 11.1 Å². The average molecular weight is 343 g/mol. The first kappa shape index (κ1) is 15.9. The lowest BCUT2D eigenvalue weighted by Gasteiger charge is -2.12. The van der Waals surface area contributed by atoms with Crippen LogP contribution in [0.4, 0.5) is 17.1 Å². The Hall–Kier alpha value is -2.97. The number of nitrogens with two attached hydrogens (primary N) is 1. The van der Waals surface area contributed by atoms with Gasteiger partial charge in [-0.2, -0.15) is 13.5 Å². The Bertz CT molecular complexity index is 1050. The van der Waals surface area contributed by atoms with E-state index in [1.54, 1.807) is 42.5 Å². The van der Waals surface area contributed by atoms with E-state index in [2.05, 4.69) is 10.2 Å². The summed E-state index contributed by atoms with van der Waals surface area (Å²) in [5.41, 5.74) is 5.87. The molecule has 0 heterocycles. The fourth-order valence-corrected chi connectivity index (χ4v) is 3.20. The molecule has 0 aromatic heterocycles. The summed E-state index contributed by atoms with van der Waals surface area (Å²) in [5.74, 6) is -0.555. The van der Waals surface area contributed by atoms with E-state index in [9.17, 15) is 18.1 Å². The van der Waals surface area contributed by atoms with Gasteiger partial charge in [-0.15, -0.1) is 5.11 Å². The fraction of sp³-hybridized carbons (Fsp3) is 0. The van der Waals surface area contributed by atoms with E-state index < -0.39 is 26.5 Å². The number of phenols is 1. The summed E-state index contributed by atoms with van der Waals surface area (Å²) in [5, 5.41) is 18.4. The van der Waals surface area contributed by atoms with Gasteiger partial charge in [-0.3, -0.25) is 4.55 Å². The first-order valence-electron chi connectivity index (χ1n) is 6.87. The number of fused-ring (bicyclic) bond motifs is 1. The highest BCUT2D eigenvalue weighted by Gasteiger charge is 2.25. The second-order valence-electron chi connectivity index (χ2n) is 5.00. The second kappa shape index (κ2) is 5.91. The number of aromatic hydroxyl groups is 1. The number of phenolic OH excluding ortho intramolecular Hbond substituents is 1. The van der Waals surface area contributed by atoms with Crippen LogP contribution in [0.1, 0.15) is 0 Å². The minimum absolute atomic E-state index is 0.0417. The van der Waals surface area contributed by atoms with Crippen molar-refractivity contribution in [3.05, 3.63) is 54.6 Å². The Balaban J connectivity index is 2.34. The molecular weight excluding hydrogens is 330 g/mol. The van der Waals surface area contributed by atoms with E-state index >= 15 is 0 Å². The molecule has 4 N–H and O–H groups in total. The zero-order valence-electron chi connectivity index (χ0n) is 12.3. The van der Waals surface area contributed by atoms with Crippen LogP contribution in [0.3, 0.4) is 0 Å². The predicted octanol–water partition coefficient (Wildman–Crippen LogP) is 3.79. The molecule has 0 amide bonds. The van der Waals surface area contributed by atoms with Gasteiger partial charge in [-0.25, -0.2) is 0 Å². The van der Waals surface area contributed by atoms with Crippen molar-refractivity contribution in [3.8, 4) is 5.75 Å². The molecule has 3 aromatic rings. The summed E-state index contributed by atoms with van der Waals surface area (Å²) in [6.07, 6.45) is 0. The third kappa shape index (κ3) is 2.80. The molecule has 0 atom stereocenters. The fourth-order valence-electron chi connectivity index (χ4n) is 2.36. The van der Waals surface area contributed by atoms with Gasteiger partial charge in [0.2, 0.25) is 0 Å². The van der Waals surface area contributed by atoms with E-state index in [1.807, 2.05) is 0 Å². The third-order valence-corrected chi connectivity index (χ3v) is 4.37. The zero-order chi connectivity index (χ0) is 17.3. The molecule has 122 valence electrons. The van der Waals surface area contributed by atoms with Crippen molar-refractivity contribution in [1.82, 2.24) is 0 Å². The highest BCUT2D eigenvalue weighted by molar-refractivity contribution is 7.86. The van der Waals surface area contributed by atoms with Crippen LogP contribution in [0.25, 0.3) is 10.8 Å². The first-order chi connectivity index (χ1) is 11.4. The molecule has 0 fully saturated rings. The van der Waals surface area contributed by atoms with E-state index in [0.29, 0.717) is 11.1 Å². The minimum Gasteiger partial charge on any atom is -0.504 e. The molecule has 0 saturated heterocycles. The van der Waals surface area contributed by atoms with Crippen LogP contribution in [-0.4, -0.2) is 18.1 Å². The highest BCUT2D eigenvalue weighted by atomic mass is 32.2. The summed E-state index contributed by atoms with van der Waals surface area (Å²) >= 11 is 0. The molecular formula is C16H13N3O4S. The molecule has 0 saturated carbocycles. The van der Waals surface area contributed by atoms with Gasteiger partial charge in [0.05, 0.1) is 11.4 Å². The number of hydrogen-bond acceptors (Lipinski definition) is 6. The van der Waals surface area contributed by atoms with Gasteiger partial charge in [0.15, 0.2) is 11.4 Å². The number of benzene rings is 3. The topological polar surface area (TPSA) is 125 Å². The van der Waals surface area contributed by atoms with E-state index in [1.165, 1.54) is 12.1 Å². The molecule has 3 rings (SSSR count). The van der Waals surface area contributed by atoms with Crippen LogP contribution in [0.15, 0.2) is 69.7 Å². The summed E-state index contributed by atoms with van der Waals surface area (Å²) in [7, 11) is -4.67. The summed E-state index contributed by atoms with van der Waals surface area (Å²) in [6.45, 7) is 0. The van der Waals surface area contributed by atoms with Gasteiger partial charge >= 0.3 is 0 Å². The van der Waals surface area contributed by atoms with Crippen molar-refractivity contribution in [2.75, 3.05) is 5.73 Å². The van der Waals surface area contributed by atoms with Crippen LogP contribution < -0.4 is 5.73 Å². The Morgan fingerprint density at radius 2 is 1.46 bits per heavy atom. The molecule has 0 spiro atoms. The quantitative estimate of drug-likeness (QED) is 0.289. The normalized spacial score (nSPS) is 12.0. The number of nitrogens with zero attached hydrogens (tertiary/aromatic N) is 2. The van der Waals surface area contributed by atoms with Gasteiger partial charge in [0, 0.05) is 10.8 Å². The second-order valence-corrected chi connectivity index (χ2v) is 6.35. The molecule has 0 unspecified atom stereocenters. The lowest BCUT2D eigenvalue weighted by molar-refractivity contribution is 0.471. The summed E-state index contributed by atoms with van der Waals surface area (Å²) < 4.78 is 33.3. The van der Waals surface area contributed by atoms with Crippen molar-refractivity contribution in [1.29, 1.82) is 0 Å². The van der Waals surface area contributed by atoms with Crippen molar-refractivity contribution in [2.24, 2.45) is 10.2 Å². The molecule has 0 aliphatic carbocycles. The minimum atomic E-state index is -4.67. The van der Waals surface area contributed by atoms with Crippen LogP contribution in [-0.2, 0) is 10.1 Å². The van der Waals surface area contributed by atoms with Crippen LogP contribution in [0.5, 0.6) is 5.75 Å². The molecule has 8 heteroatoms. The van der Waals surface area contributed by atoms with Crippen LogP contribution in [0.2, 0.25) is 0 Å². The van der Waals surface area contributed by atoms with Crippen molar-refractivity contribution >= 4 is 38.0 Å². The number of rotatable bonds is 3. The average Bonchev–Trinajstić information content (AvgIpc) is 2.56. The molecule has 3 aromatic carbocycles. The Kier molecular flexibility index (Phi) is 3.92. The van der Waals surface area contributed by atoms with Crippen molar-refractivity contribution < 1.29 is 18.1 Å². The molecule has 0 aliphatic rings. The Morgan fingerprint density at radius 1 is 0.875 bits per heavy atom. The molecule has 0 radical (unpaired) electrons. The van der Waals surface area contributed by atoms with Gasteiger partial charge in [-0.1, -0.05) is 42.5 Å². The number of nitrogen functional groups attached to an aromatic ring is 1. The number of azo groups is 1. The van der Waals surface area contributed by atoms with Gasteiger partial charge < -0.3 is 10.8 Å². The maximum Gasteiger partial charge on any atom is 0.297 e. The van der Waals surface area contributed by atoms with E-state index in [0.717, 1.165) is 0 Å². The number of anilines is 1. The maximum absolute atomic E-state index is 11.8. The molecule has 24 heavy (non-hydrogen) atoms. The summed E-state index contributed by atoms with van der Waals surface area (Å²) in [6, 6.07) is 14.8. The molecule has 0 bridgehead atoms. The van der Waals surface area contributed by atoms with Gasteiger partial charge in [-0.05, 0) is 12.1 Å². The monoisotopic (exact) mass is 343 g/mol. The largest absolute Gasteiger partial charge is 0.504 e. The molecule has 7 nitrogen and oxygen atoms in total. The standard InChI is InChI=1S/C16H13N3O4S/c17-13-11-8-4-5-9-12(11)16(24(21,22)23)14(15(13)20)19-18-10-6-2-1-3-7-10/h1-9,20H,17H2,(H,21,22,23). The van der Waals surface area contributed by atoms with E-state index in [4.69, 9.17) is 5.73 Å². The number of hydrogen-bond donors (Lipinski definition) is 3.